The van der Waals surface area contributed by atoms with Crippen LogP contribution in [0.2, 0.25) is 0 Å². The number of ether oxygens (including phenoxy) is 2. The van der Waals surface area contributed by atoms with Gasteiger partial charge in [0.15, 0.2) is 5.88 Å². The third-order valence-electron chi connectivity index (χ3n) is 6.47. The largest absolute Gasteiger partial charge is 0.496 e. The predicted molar refractivity (Wildman–Crippen MR) is 130 cm³/mol. The molecule has 182 valence electrons. The van der Waals surface area contributed by atoms with Gasteiger partial charge in [0, 0.05) is 31.1 Å². The number of hydrogen-bond donors (Lipinski definition) is 1. The van der Waals surface area contributed by atoms with Crippen molar-refractivity contribution in [2.24, 2.45) is 0 Å². The van der Waals surface area contributed by atoms with Gasteiger partial charge in [0.25, 0.3) is 5.91 Å². The molecule has 0 bridgehead atoms. The van der Waals surface area contributed by atoms with Crippen LogP contribution < -0.4 is 14.8 Å². The summed E-state index contributed by atoms with van der Waals surface area (Å²) in [4.78, 5) is 15.0. The minimum Gasteiger partial charge on any atom is -0.496 e. The van der Waals surface area contributed by atoms with E-state index < -0.39 is 17.0 Å². The van der Waals surface area contributed by atoms with Gasteiger partial charge in [-0.15, -0.1) is 0 Å². The summed E-state index contributed by atoms with van der Waals surface area (Å²) < 4.78 is 39.5. The van der Waals surface area contributed by atoms with Crippen molar-refractivity contribution in [2.75, 3.05) is 26.7 Å². The fourth-order valence-electron chi connectivity index (χ4n) is 4.48. The van der Waals surface area contributed by atoms with Crippen molar-refractivity contribution in [2.45, 2.75) is 18.3 Å². The number of piperidine rings is 1. The molecule has 0 spiro atoms. The summed E-state index contributed by atoms with van der Waals surface area (Å²) in [6.45, 7) is 5.37. The highest BCUT2D eigenvalue weighted by atomic mass is 19.1. The summed E-state index contributed by atoms with van der Waals surface area (Å²) in [7, 11) is 1.50. The van der Waals surface area contributed by atoms with Gasteiger partial charge < -0.3 is 19.7 Å². The maximum atomic E-state index is 14.2. The van der Waals surface area contributed by atoms with Crippen LogP contribution in [0.3, 0.4) is 0 Å². The number of carbonyl (C=O) groups is 1. The van der Waals surface area contributed by atoms with Gasteiger partial charge in [0.1, 0.15) is 23.1 Å². The summed E-state index contributed by atoms with van der Waals surface area (Å²) in [5.74, 6) is 0.0567. The summed E-state index contributed by atoms with van der Waals surface area (Å²) in [6, 6.07) is 19.9. The Hall–Kier alpha value is -3.87. The van der Waals surface area contributed by atoms with E-state index in [0.717, 1.165) is 6.07 Å². The Labute approximate surface area is 204 Å². The Morgan fingerprint density at radius 1 is 1.00 bits per heavy atom. The lowest BCUT2D eigenvalue weighted by atomic mass is 9.72. The van der Waals surface area contributed by atoms with Crippen molar-refractivity contribution < 1.29 is 23.0 Å². The van der Waals surface area contributed by atoms with E-state index in [1.165, 1.54) is 19.2 Å². The zero-order chi connectivity index (χ0) is 24.8. The SMILES string of the molecule is C=C(Oc1ccccc1)N1CCC(CNC(=O)c2ccccc2OC)(c2cc(F)cc(F)c2)CC1. The molecule has 0 atom stereocenters. The number of methoxy groups -OCH3 is 1. The van der Waals surface area contributed by atoms with E-state index in [9.17, 15) is 13.6 Å². The van der Waals surface area contributed by atoms with Gasteiger partial charge in [-0.05, 0) is 61.4 Å². The maximum Gasteiger partial charge on any atom is 0.255 e. The smallest absolute Gasteiger partial charge is 0.255 e. The molecule has 0 aliphatic carbocycles. The van der Waals surface area contributed by atoms with Crippen LogP contribution in [0.15, 0.2) is 85.3 Å². The molecule has 35 heavy (non-hydrogen) atoms. The highest BCUT2D eigenvalue weighted by molar-refractivity contribution is 5.96. The second-order valence-corrected chi connectivity index (χ2v) is 8.62. The molecule has 5 nitrogen and oxygen atoms in total. The van der Waals surface area contributed by atoms with E-state index in [1.807, 2.05) is 35.2 Å². The van der Waals surface area contributed by atoms with Crippen LogP contribution in [0.1, 0.15) is 28.8 Å². The van der Waals surface area contributed by atoms with Crippen LogP contribution in [0, 0.1) is 11.6 Å². The molecule has 3 aromatic carbocycles. The molecule has 4 rings (SSSR count). The van der Waals surface area contributed by atoms with Crippen LogP contribution in [-0.2, 0) is 5.41 Å². The molecule has 0 aromatic heterocycles. The van der Waals surface area contributed by atoms with E-state index >= 15 is 0 Å². The molecule has 1 heterocycles. The van der Waals surface area contributed by atoms with E-state index in [2.05, 4.69) is 11.9 Å². The average molecular weight is 479 g/mol. The number of halogens is 2. The van der Waals surface area contributed by atoms with E-state index in [-0.39, 0.29) is 12.5 Å². The van der Waals surface area contributed by atoms with Crippen LogP contribution in [0.5, 0.6) is 11.5 Å². The maximum absolute atomic E-state index is 14.2. The molecular formula is C28H28F2N2O3. The molecule has 1 saturated heterocycles. The first-order valence-electron chi connectivity index (χ1n) is 11.4. The molecule has 1 aliphatic heterocycles. The van der Waals surface area contributed by atoms with Gasteiger partial charge in [-0.3, -0.25) is 4.79 Å². The monoisotopic (exact) mass is 478 g/mol. The normalized spacial score (nSPS) is 14.8. The zero-order valence-electron chi connectivity index (χ0n) is 19.6. The van der Waals surface area contributed by atoms with Gasteiger partial charge in [-0.25, -0.2) is 8.78 Å². The number of carbonyl (C=O) groups excluding carboxylic acids is 1. The number of benzene rings is 3. The quantitative estimate of drug-likeness (QED) is 0.447. The van der Waals surface area contributed by atoms with E-state index in [1.54, 1.807) is 24.3 Å². The molecule has 0 unspecified atom stereocenters. The number of nitrogens with zero attached hydrogens (tertiary/aromatic N) is 1. The molecule has 1 fully saturated rings. The molecule has 1 N–H and O–H groups in total. The second kappa shape index (κ2) is 10.6. The van der Waals surface area contributed by atoms with Crippen molar-refractivity contribution in [1.82, 2.24) is 10.2 Å². The zero-order valence-corrected chi connectivity index (χ0v) is 19.6. The minimum atomic E-state index is -0.663. The Kier molecular flexibility index (Phi) is 7.34. The summed E-state index contributed by atoms with van der Waals surface area (Å²) in [5, 5.41) is 2.97. The highest BCUT2D eigenvalue weighted by Gasteiger charge is 2.38. The Bertz CT molecular complexity index is 1170. The molecular weight excluding hydrogens is 450 g/mol. The third-order valence-corrected chi connectivity index (χ3v) is 6.47. The van der Waals surface area contributed by atoms with Crippen molar-refractivity contribution in [1.29, 1.82) is 0 Å². The lowest BCUT2D eigenvalue weighted by molar-refractivity contribution is 0.0914. The fourth-order valence-corrected chi connectivity index (χ4v) is 4.48. The van der Waals surface area contributed by atoms with Crippen LogP contribution in [0.25, 0.3) is 0 Å². The van der Waals surface area contributed by atoms with Crippen molar-refractivity contribution in [3.05, 3.63) is 108 Å². The molecule has 1 amide bonds. The number of para-hydroxylation sites is 2. The third kappa shape index (κ3) is 5.62. The summed E-state index contributed by atoms with van der Waals surface area (Å²) >= 11 is 0. The van der Waals surface area contributed by atoms with Crippen LogP contribution >= 0.6 is 0 Å². The molecule has 0 saturated carbocycles. The number of amides is 1. The van der Waals surface area contributed by atoms with Gasteiger partial charge in [0.05, 0.1) is 12.7 Å². The Morgan fingerprint density at radius 3 is 2.29 bits per heavy atom. The van der Waals surface area contributed by atoms with Gasteiger partial charge >= 0.3 is 0 Å². The first kappa shape index (κ1) is 24.3. The predicted octanol–water partition coefficient (Wildman–Crippen LogP) is 5.29. The fraction of sp³-hybridized carbons (Fsp3) is 0.250. The number of likely N-dealkylation sites (tertiary alicyclic amines) is 1. The Morgan fingerprint density at radius 2 is 1.63 bits per heavy atom. The standard InChI is InChI=1S/C28H28F2N2O3/c1-20(35-24-8-4-3-5-9-24)32-14-12-28(13-15-32,21-16-22(29)18-23(30)17-21)19-31-27(33)25-10-6-7-11-26(25)34-2/h3-11,16-18H,1,12-15,19H2,2H3,(H,31,33). The van der Waals surface area contributed by atoms with Gasteiger partial charge in [-0.1, -0.05) is 30.3 Å². The van der Waals surface area contributed by atoms with Crippen molar-refractivity contribution in [3.8, 4) is 11.5 Å². The first-order chi connectivity index (χ1) is 16.9. The second-order valence-electron chi connectivity index (χ2n) is 8.62. The number of rotatable bonds is 8. The molecule has 3 aromatic rings. The Balaban J connectivity index is 1.52. The average Bonchev–Trinajstić information content (AvgIpc) is 2.87. The first-order valence-corrected chi connectivity index (χ1v) is 11.4. The van der Waals surface area contributed by atoms with Crippen LogP contribution in [0.4, 0.5) is 8.78 Å². The van der Waals surface area contributed by atoms with Crippen molar-refractivity contribution in [3.63, 3.8) is 0 Å². The summed E-state index contributed by atoms with van der Waals surface area (Å²) in [5.41, 5.74) is 0.256. The number of nitrogens with one attached hydrogen (secondary N) is 1. The number of hydrogen-bond acceptors (Lipinski definition) is 4. The molecule has 7 heteroatoms. The summed E-state index contributed by atoms with van der Waals surface area (Å²) in [6.07, 6.45) is 1.08. The lowest BCUT2D eigenvalue weighted by Gasteiger charge is -2.43. The van der Waals surface area contributed by atoms with Crippen molar-refractivity contribution >= 4 is 5.91 Å². The van der Waals surface area contributed by atoms with Crippen LogP contribution in [-0.4, -0.2) is 37.6 Å². The topological polar surface area (TPSA) is 50.8 Å². The van der Waals surface area contributed by atoms with E-state index in [0.29, 0.717) is 54.4 Å². The minimum absolute atomic E-state index is 0.215. The van der Waals surface area contributed by atoms with Gasteiger partial charge in [0.2, 0.25) is 0 Å². The highest BCUT2D eigenvalue weighted by Crippen LogP contribution is 2.37. The molecule has 0 radical (unpaired) electrons. The molecule has 1 aliphatic rings. The lowest BCUT2D eigenvalue weighted by Crippen LogP contribution is -2.49. The van der Waals surface area contributed by atoms with Gasteiger partial charge in [-0.2, -0.15) is 0 Å². The van der Waals surface area contributed by atoms with E-state index in [4.69, 9.17) is 9.47 Å².